The number of hydrogen-bond acceptors (Lipinski definition) is 4. The molecule has 0 spiro atoms. The molecule has 2 fully saturated rings. The Morgan fingerprint density at radius 1 is 1.48 bits per heavy atom. The minimum absolute atomic E-state index is 0.0439. The Morgan fingerprint density at radius 2 is 2.17 bits per heavy atom. The molecule has 23 heavy (non-hydrogen) atoms. The summed E-state index contributed by atoms with van der Waals surface area (Å²) in [7, 11) is 1.94. The van der Waals surface area contributed by atoms with Crippen LogP contribution >= 0.6 is 11.3 Å². The standard InChI is InChI=1S/C18H28N2O2S/c1-17(2,3)16-19-11(10-23-16)9-13(21)20(6)14-12-7-8-22-15(12)18(14,4)5/h10,12,14-15H,7-9H2,1-6H3/t12-,14+,15-/m0/s1. The zero-order valence-corrected chi connectivity index (χ0v) is 15.9. The first-order valence-electron chi connectivity index (χ1n) is 8.44. The third-order valence-corrected chi connectivity index (χ3v) is 6.69. The molecule has 0 unspecified atom stereocenters. The van der Waals surface area contributed by atoms with Crippen LogP contribution in [0.25, 0.3) is 0 Å². The SMILES string of the molecule is CN(C(=O)Cc1csc(C(C)(C)C)n1)[C@@H]1[C@@H]2CCO[C@@H]2C1(C)C. The molecule has 4 nitrogen and oxygen atoms in total. The summed E-state index contributed by atoms with van der Waals surface area (Å²) in [6.45, 7) is 11.7. The van der Waals surface area contributed by atoms with Gasteiger partial charge >= 0.3 is 0 Å². The number of fused-ring (bicyclic) bond motifs is 1. The Labute approximate surface area is 143 Å². The van der Waals surface area contributed by atoms with Gasteiger partial charge in [0.1, 0.15) is 0 Å². The van der Waals surface area contributed by atoms with Gasteiger partial charge in [-0.25, -0.2) is 4.98 Å². The van der Waals surface area contributed by atoms with Crippen molar-refractivity contribution >= 4 is 17.2 Å². The Hall–Kier alpha value is -0.940. The van der Waals surface area contributed by atoms with Crippen LogP contribution < -0.4 is 0 Å². The first-order chi connectivity index (χ1) is 10.6. The van der Waals surface area contributed by atoms with Crippen molar-refractivity contribution in [3.05, 3.63) is 16.1 Å². The lowest BCUT2D eigenvalue weighted by Crippen LogP contribution is -2.67. The molecule has 1 aliphatic carbocycles. The highest BCUT2D eigenvalue weighted by molar-refractivity contribution is 7.09. The summed E-state index contributed by atoms with van der Waals surface area (Å²) in [5.41, 5.74) is 0.986. The van der Waals surface area contributed by atoms with Gasteiger partial charge in [-0.3, -0.25) is 4.79 Å². The van der Waals surface area contributed by atoms with E-state index in [2.05, 4.69) is 39.6 Å². The molecular weight excluding hydrogens is 308 g/mol. The third-order valence-electron chi connectivity index (χ3n) is 5.37. The van der Waals surface area contributed by atoms with Gasteiger partial charge in [-0.05, 0) is 6.42 Å². The van der Waals surface area contributed by atoms with Crippen molar-refractivity contribution in [2.45, 2.75) is 65.0 Å². The van der Waals surface area contributed by atoms with Gasteiger partial charge in [0.05, 0.1) is 23.2 Å². The highest BCUT2D eigenvalue weighted by atomic mass is 32.1. The maximum atomic E-state index is 12.7. The average Bonchev–Trinajstić information content (AvgIpc) is 3.05. The van der Waals surface area contributed by atoms with E-state index in [9.17, 15) is 4.79 Å². The number of aromatic nitrogens is 1. The fraction of sp³-hybridized carbons (Fsp3) is 0.778. The number of ether oxygens (including phenoxy) is 1. The smallest absolute Gasteiger partial charge is 0.228 e. The third kappa shape index (κ3) is 2.82. The molecule has 2 aliphatic rings. The van der Waals surface area contributed by atoms with Crippen molar-refractivity contribution in [3.8, 4) is 0 Å². The van der Waals surface area contributed by atoms with Crippen molar-refractivity contribution in [2.24, 2.45) is 11.3 Å². The van der Waals surface area contributed by atoms with E-state index in [1.807, 2.05) is 17.3 Å². The fourth-order valence-corrected chi connectivity index (χ4v) is 5.16. The van der Waals surface area contributed by atoms with Gasteiger partial charge in [0.15, 0.2) is 0 Å². The minimum atomic E-state index is 0.0439. The molecule has 1 saturated carbocycles. The average molecular weight is 337 g/mol. The zero-order valence-electron chi connectivity index (χ0n) is 15.0. The molecule has 1 aromatic rings. The molecule has 3 rings (SSSR count). The van der Waals surface area contributed by atoms with Crippen LogP contribution in [-0.2, 0) is 21.4 Å². The van der Waals surface area contributed by atoms with E-state index in [1.54, 1.807) is 11.3 Å². The Morgan fingerprint density at radius 3 is 2.78 bits per heavy atom. The molecule has 0 aromatic carbocycles. The van der Waals surface area contributed by atoms with Crippen LogP contribution in [-0.4, -0.2) is 41.6 Å². The highest BCUT2D eigenvalue weighted by Crippen LogP contribution is 2.54. The van der Waals surface area contributed by atoms with Gasteiger partial charge in [-0.15, -0.1) is 11.3 Å². The van der Waals surface area contributed by atoms with Gasteiger partial charge < -0.3 is 9.64 Å². The lowest BCUT2D eigenvalue weighted by molar-refractivity contribution is -0.167. The number of carbonyl (C=O) groups excluding carboxylic acids is 1. The Bertz CT molecular complexity index is 602. The van der Waals surface area contributed by atoms with Crippen LogP contribution in [0.1, 0.15) is 51.7 Å². The quantitative estimate of drug-likeness (QED) is 0.851. The molecule has 3 atom stereocenters. The molecule has 1 amide bonds. The van der Waals surface area contributed by atoms with E-state index in [1.165, 1.54) is 0 Å². The highest BCUT2D eigenvalue weighted by Gasteiger charge is 2.61. The summed E-state index contributed by atoms with van der Waals surface area (Å²) in [6, 6.07) is 0.281. The molecule has 0 N–H and O–H groups in total. The van der Waals surface area contributed by atoms with Gasteiger partial charge in [0.25, 0.3) is 0 Å². The number of nitrogens with zero attached hydrogens (tertiary/aromatic N) is 2. The predicted octanol–water partition coefficient (Wildman–Crippen LogP) is 3.26. The number of amides is 1. The van der Waals surface area contributed by atoms with Crippen molar-refractivity contribution < 1.29 is 9.53 Å². The molecule has 0 radical (unpaired) electrons. The molecular formula is C18H28N2O2S. The van der Waals surface area contributed by atoms with Crippen molar-refractivity contribution in [3.63, 3.8) is 0 Å². The van der Waals surface area contributed by atoms with E-state index in [0.29, 0.717) is 18.4 Å². The number of rotatable bonds is 3. The monoisotopic (exact) mass is 336 g/mol. The fourth-order valence-electron chi connectivity index (χ4n) is 4.25. The summed E-state index contributed by atoms with van der Waals surface area (Å²) in [5, 5.41) is 3.12. The van der Waals surface area contributed by atoms with Crippen LogP contribution in [0, 0.1) is 11.3 Å². The molecule has 1 saturated heterocycles. The van der Waals surface area contributed by atoms with Gasteiger partial charge in [-0.2, -0.15) is 0 Å². The van der Waals surface area contributed by atoms with E-state index < -0.39 is 0 Å². The van der Waals surface area contributed by atoms with Crippen molar-refractivity contribution in [1.29, 1.82) is 0 Å². The summed E-state index contributed by atoms with van der Waals surface area (Å²) in [6.07, 6.45) is 1.78. The number of thiazole rings is 1. The largest absolute Gasteiger partial charge is 0.377 e. The normalized spacial score (nSPS) is 29.0. The zero-order chi connectivity index (χ0) is 17.0. The topological polar surface area (TPSA) is 42.4 Å². The molecule has 5 heteroatoms. The van der Waals surface area contributed by atoms with Crippen molar-refractivity contribution in [1.82, 2.24) is 9.88 Å². The van der Waals surface area contributed by atoms with Crippen LogP contribution in [0.4, 0.5) is 0 Å². The maximum absolute atomic E-state index is 12.7. The maximum Gasteiger partial charge on any atom is 0.228 e. The summed E-state index contributed by atoms with van der Waals surface area (Å²) in [5.74, 6) is 0.665. The molecule has 0 bridgehead atoms. The van der Waals surface area contributed by atoms with E-state index in [4.69, 9.17) is 4.74 Å². The Balaban J connectivity index is 1.68. The van der Waals surface area contributed by atoms with Gasteiger partial charge in [0.2, 0.25) is 5.91 Å². The summed E-state index contributed by atoms with van der Waals surface area (Å²) >= 11 is 1.65. The second kappa shape index (κ2) is 5.55. The molecule has 1 aromatic heterocycles. The van der Waals surface area contributed by atoms with E-state index >= 15 is 0 Å². The minimum Gasteiger partial charge on any atom is -0.377 e. The first kappa shape index (κ1) is 16.9. The van der Waals surface area contributed by atoms with Gasteiger partial charge in [-0.1, -0.05) is 34.6 Å². The van der Waals surface area contributed by atoms with Crippen LogP contribution in [0.15, 0.2) is 5.38 Å². The summed E-state index contributed by atoms with van der Waals surface area (Å²) in [4.78, 5) is 19.3. The molecule has 128 valence electrons. The van der Waals surface area contributed by atoms with E-state index in [-0.39, 0.29) is 22.8 Å². The lowest BCUT2D eigenvalue weighted by atomic mass is 9.57. The van der Waals surface area contributed by atoms with Crippen LogP contribution in [0.3, 0.4) is 0 Å². The van der Waals surface area contributed by atoms with Crippen LogP contribution in [0.2, 0.25) is 0 Å². The first-order valence-corrected chi connectivity index (χ1v) is 9.32. The molecule has 2 heterocycles. The number of hydrogen-bond donors (Lipinski definition) is 0. The molecule has 1 aliphatic heterocycles. The Kier molecular flexibility index (Phi) is 4.08. The lowest BCUT2D eigenvalue weighted by Gasteiger charge is -2.57. The second-order valence-corrected chi connectivity index (χ2v) is 9.44. The summed E-state index contributed by atoms with van der Waals surface area (Å²) < 4.78 is 5.84. The number of likely N-dealkylation sites (N-methyl/N-ethyl adjacent to an activating group) is 1. The second-order valence-electron chi connectivity index (χ2n) is 8.59. The van der Waals surface area contributed by atoms with Crippen LogP contribution in [0.5, 0.6) is 0 Å². The van der Waals surface area contributed by atoms with Crippen molar-refractivity contribution in [2.75, 3.05) is 13.7 Å². The predicted molar refractivity (Wildman–Crippen MR) is 92.7 cm³/mol. The van der Waals surface area contributed by atoms with Gasteiger partial charge in [0, 0.05) is 41.8 Å². The van der Waals surface area contributed by atoms with E-state index in [0.717, 1.165) is 23.7 Å². The number of carbonyl (C=O) groups is 1.